The summed E-state index contributed by atoms with van der Waals surface area (Å²) in [7, 11) is 0. The van der Waals surface area contributed by atoms with Crippen molar-refractivity contribution in [1.82, 2.24) is 9.97 Å². The summed E-state index contributed by atoms with van der Waals surface area (Å²) in [5.41, 5.74) is 6.17. The number of nitrogens with zero attached hydrogens (tertiary/aromatic N) is 4. The van der Waals surface area contributed by atoms with Gasteiger partial charge in [-0.3, -0.25) is 15.0 Å². The van der Waals surface area contributed by atoms with Crippen LogP contribution in [0.15, 0.2) is 90.3 Å². The summed E-state index contributed by atoms with van der Waals surface area (Å²) in [6.07, 6.45) is 4.25. The van der Waals surface area contributed by atoms with Crippen molar-refractivity contribution in [3.63, 3.8) is 0 Å². The molecule has 28 heavy (non-hydrogen) atoms. The van der Waals surface area contributed by atoms with Crippen LogP contribution in [-0.2, 0) is 0 Å². The second kappa shape index (κ2) is 7.06. The third-order valence-corrected chi connectivity index (χ3v) is 5.24. The molecular formula is C23H17ClN4. The third-order valence-electron chi connectivity index (χ3n) is 4.99. The number of rotatable bonds is 3. The SMILES string of the molecule is Clc1ccc(C2=NN(c3ccccc3)C(c3ccc4nccnc4c3)C2)cc1. The van der Waals surface area contributed by atoms with Crippen molar-refractivity contribution in [2.75, 3.05) is 5.01 Å². The molecule has 0 radical (unpaired) electrons. The Hall–Kier alpha value is -3.24. The fourth-order valence-corrected chi connectivity index (χ4v) is 3.72. The zero-order valence-electron chi connectivity index (χ0n) is 15.0. The molecule has 2 heterocycles. The summed E-state index contributed by atoms with van der Waals surface area (Å²) in [4.78, 5) is 8.84. The second-order valence-corrected chi connectivity index (χ2v) is 7.19. The van der Waals surface area contributed by atoms with Crippen LogP contribution >= 0.6 is 11.6 Å². The molecule has 0 bridgehead atoms. The number of para-hydroxylation sites is 1. The first-order chi connectivity index (χ1) is 13.8. The van der Waals surface area contributed by atoms with Gasteiger partial charge in [-0.2, -0.15) is 5.10 Å². The Morgan fingerprint density at radius 2 is 1.57 bits per heavy atom. The number of halogens is 1. The average molecular weight is 385 g/mol. The number of hydrogen-bond donors (Lipinski definition) is 0. The lowest BCUT2D eigenvalue weighted by molar-refractivity contribution is 0.709. The molecule has 0 amide bonds. The quantitative estimate of drug-likeness (QED) is 0.459. The largest absolute Gasteiger partial charge is 0.257 e. The predicted octanol–water partition coefficient (Wildman–Crippen LogP) is 5.64. The Morgan fingerprint density at radius 3 is 2.36 bits per heavy atom. The van der Waals surface area contributed by atoms with Gasteiger partial charge in [-0.25, -0.2) is 0 Å². The van der Waals surface area contributed by atoms with Crippen LogP contribution in [0.25, 0.3) is 11.0 Å². The Labute approximate surface area is 168 Å². The van der Waals surface area contributed by atoms with E-state index in [1.807, 2.05) is 48.5 Å². The standard InChI is InChI=1S/C23H17ClN4/c24-18-9-6-16(7-10-18)21-15-23(28(27-21)19-4-2-1-3-5-19)17-8-11-20-22(14-17)26-13-12-25-20/h1-14,23H,15H2. The van der Waals surface area contributed by atoms with E-state index in [0.29, 0.717) is 0 Å². The number of hydrogen-bond acceptors (Lipinski definition) is 4. The fourth-order valence-electron chi connectivity index (χ4n) is 3.59. The number of benzene rings is 3. The highest BCUT2D eigenvalue weighted by molar-refractivity contribution is 6.30. The molecule has 5 heteroatoms. The van der Waals surface area contributed by atoms with Gasteiger partial charge in [-0.15, -0.1) is 0 Å². The molecule has 136 valence electrons. The van der Waals surface area contributed by atoms with Gasteiger partial charge in [0, 0.05) is 23.8 Å². The Morgan fingerprint density at radius 1 is 0.821 bits per heavy atom. The maximum Gasteiger partial charge on any atom is 0.0890 e. The van der Waals surface area contributed by atoms with E-state index in [1.165, 1.54) is 5.56 Å². The van der Waals surface area contributed by atoms with Crippen molar-refractivity contribution in [3.8, 4) is 0 Å². The molecule has 0 N–H and O–H groups in total. The van der Waals surface area contributed by atoms with Gasteiger partial charge in [0.2, 0.25) is 0 Å². The maximum absolute atomic E-state index is 6.06. The highest BCUT2D eigenvalue weighted by Crippen LogP contribution is 2.37. The molecule has 0 spiro atoms. The van der Waals surface area contributed by atoms with Gasteiger partial charge >= 0.3 is 0 Å². The van der Waals surface area contributed by atoms with Crippen LogP contribution in [0.5, 0.6) is 0 Å². The Kier molecular flexibility index (Phi) is 4.26. The van der Waals surface area contributed by atoms with Crippen molar-refractivity contribution < 1.29 is 0 Å². The van der Waals surface area contributed by atoms with E-state index in [1.54, 1.807) is 12.4 Å². The van der Waals surface area contributed by atoms with Crippen LogP contribution in [0.3, 0.4) is 0 Å². The molecule has 1 aromatic heterocycles. The summed E-state index contributed by atoms with van der Waals surface area (Å²) in [6, 6.07) is 24.5. The summed E-state index contributed by atoms with van der Waals surface area (Å²) in [6.45, 7) is 0. The van der Waals surface area contributed by atoms with Crippen molar-refractivity contribution in [3.05, 3.63) is 101 Å². The summed E-state index contributed by atoms with van der Waals surface area (Å²) >= 11 is 6.06. The lowest BCUT2D eigenvalue weighted by Crippen LogP contribution is -2.18. The minimum absolute atomic E-state index is 0.0967. The fraction of sp³-hybridized carbons (Fsp3) is 0.0870. The molecule has 1 atom stereocenters. The first-order valence-corrected chi connectivity index (χ1v) is 9.54. The minimum Gasteiger partial charge on any atom is -0.257 e. The molecule has 0 fully saturated rings. The smallest absolute Gasteiger partial charge is 0.0890 e. The van der Waals surface area contributed by atoms with Crippen molar-refractivity contribution >= 4 is 34.0 Å². The average Bonchev–Trinajstić information content (AvgIpc) is 3.20. The molecule has 3 aromatic carbocycles. The third kappa shape index (κ3) is 3.12. The molecule has 1 unspecified atom stereocenters. The summed E-state index contributed by atoms with van der Waals surface area (Å²) < 4.78 is 0. The monoisotopic (exact) mass is 384 g/mol. The zero-order chi connectivity index (χ0) is 18.9. The molecule has 0 saturated carbocycles. The van der Waals surface area contributed by atoms with E-state index in [-0.39, 0.29) is 6.04 Å². The first-order valence-electron chi connectivity index (χ1n) is 9.16. The molecule has 1 aliphatic rings. The van der Waals surface area contributed by atoms with Crippen LogP contribution in [-0.4, -0.2) is 15.7 Å². The van der Waals surface area contributed by atoms with Crippen molar-refractivity contribution in [2.24, 2.45) is 5.10 Å². The lowest BCUT2D eigenvalue weighted by Gasteiger charge is -2.24. The molecule has 4 aromatic rings. The Bertz CT molecular complexity index is 1160. The van der Waals surface area contributed by atoms with Crippen LogP contribution in [0.4, 0.5) is 5.69 Å². The number of aromatic nitrogens is 2. The molecule has 4 nitrogen and oxygen atoms in total. The summed E-state index contributed by atoms with van der Waals surface area (Å²) in [5.74, 6) is 0. The van der Waals surface area contributed by atoms with E-state index in [0.717, 1.165) is 39.4 Å². The van der Waals surface area contributed by atoms with Gasteiger partial charge < -0.3 is 0 Å². The van der Waals surface area contributed by atoms with E-state index < -0.39 is 0 Å². The van der Waals surface area contributed by atoms with Crippen molar-refractivity contribution in [1.29, 1.82) is 0 Å². The molecular weight excluding hydrogens is 368 g/mol. The topological polar surface area (TPSA) is 41.4 Å². The second-order valence-electron chi connectivity index (χ2n) is 6.76. The van der Waals surface area contributed by atoms with Gasteiger partial charge in [0.05, 0.1) is 28.5 Å². The van der Waals surface area contributed by atoms with Crippen LogP contribution in [0.2, 0.25) is 5.02 Å². The van der Waals surface area contributed by atoms with Gasteiger partial charge in [0.1, 0.15) is 0 Å². The normalized spacial score (nSPS) is 16.4. The van der Waals surface area contributed by atoms with E-state index in [4.69, 9.17) is 16.7 Å². The van der Waals surface area contributed by atoms with E-state index in [9.17, 15) is 0 Å². The molecule has 5 rings (SSSR count). The predicted molar refractivity (Wildman–Crippen MR) is 114 cm³/mol. The van der Waals surface area contributed by atoms with Gasteiger partial charge in [0.15, 0.2) is 0 Å². The molecule has 1 aliphatic heterocycles. The minimum atomic E-state index is 0.0967. The van der Waals surface area contributed by atoms with Crippen LogP contribution in [0.1, 0.15) is 23.6 Å². The summed E-state index contributed by atoms with van der Waals surface area (Å²) in [5, 5.41) is 7.79. The van der Waals surface area contributed by atoms with E-state index >= 15 is 0 Å². The van der Waals surface area contributed by atoms with Crippen molar-refractivity contribution in [2.45, 2.75) is 12.5 Å². The zero-order valence-corrected chi connectivity index (χ0v) is 15.8. The maximum atomic E-state index is 6.06. The van der Waals surface area contributed by atoms with Gasteiger partial charge in [-0.1, -0.05) is 48.0 Å². The number of anilines is 1. The van der Waals surface area contributed by atoms with Crippen LogP contribution < -0.4 is 5.01 Å². The number of hydrazone groups is 1. The highest BCUT2D eigenvalue weighted by Gasteiger charge is 2.30. The van der Waals surface area contributed by atoms with Gasteiger partial charge in [0.25, 0.3) is 0 Å². The lowest BCUT2D eigenvalue weighted by atomic mass is 9.97. The van der Waals surface area contributed by atoms with Gasteiger partial charge in [-0.05, 0) is 47.5 Å². The highest BCUT2D eigenvalue weighted by atomic mass is 35.5. The van der Waals surface area contributed by atoms with Crippen LogP contribution in [0, 0.1) is 0 Å². The first kappa shape index (κ1) is 16.9. The molecule has 0 saturated heterocycles. The Balaban J connectivity index is 1.58. The number of fused-ring (bicyclic) bond motifs is 1. The molecule has 0 aliphatic carbocycles. The van der Waals surface area contributed by atoms with E-state index in [2.05, 4.69) is 39.2 Å².